The lowest BCUT2D eigenvalue weighted by Crippen LogP contribution is -2.36. The highest BCUT2D eigenvalue weighted by molar-refractivity contribution is 9.10. The van der Waals surface area contributed by atoms with Crippen LogP contribution in [-0.4, -0.2) is 16.1 Å². The third kappa shape index (κ3) is 2.41. The minimum Gasteiger partial charge on any atom is -0.198 e. The number of halogens is 6. The zero-order chi connectivity index (χ0) is 7.71. The van der Waals surface area contributed by atoms with Gasteiger partial charge >= 0.3 is 10.8 Å². The van der Waals surface area contributed by atoms with E-state index < -0.39 is 16.1 Å². The molecule has 0 atom stereocenters. The topological polar surface area (TPSA) is 0 Å². The molecule has 0 amide bonds. The lowest BCUT2D eigenvalue weighted by molar-refractivity contribution is -0.128. The van der Waals surface area contributed by atoms with Crippen molar-refractivity contribution in [2.24, 2.45) is 0 Å². The lowest BCUT2D eigenvalue weighted by Gasteiger charge is -2.17. The Morgan fingerprint density at radius 3 is 1.44 bits per heavy atom. The molecule has 0 aromatic rings. The van der Waals surface area contributed by atoms with Gasteiger partial charge in [-0.2, -0.15) is 17.6 Å². The van der Waals surface area contributed by atoms with Gasteiger partial charge in [0.05, 0.1) is 5.33 Å². The summed E-state index contributed by atoms with van der Waals surface area (Å²) < 4.78 is 46.9. The van der Waals surface area contributed by atoms with Crippen LogP contribution in [0, 0.1) is 0 Å². The molecular formula is C3H2Br2F4. The van der Waals surface area contributed by atoms with E-state index in [1.165, 1.54) is 0 Å². The molecule has 0 nitrogen and oxygen atoms in total. The summed E-state index contributed by atoms with van der Waals surface area (Å²) in [6, 6.07) is 0. The normalized spacial score (nSPS) is 14.0. The average Bonchev–Trinajstić information content (AvgIpc) is 1.64. The highest BCUT2D eigenvalue weighted by atomic mass is 79.9. The molecule has 0 saturated heterocycles. The molecule has 6 heteroatoms. The highest BCUT2D eigenvalue weighted by Gasteiger charge is 2.53. The third-order valence-corrected chi connectivity index (χ3v) is 1.87. The van der Waals surface area contributed by atoms with Crippen LogP contribution in [0.4, 0.5) is 17.6 Å². The maximum absolute atomic E-state index is 11.8. The molecule has 0 aliphatic rings. The van der Waals surface area contributed by atoms with Crippen LogP contribution in [0.2, 0.25) is 0 Å². The van der Waals surface area contributed by atoms with Crippen molar-refractivity contribution in [1.29, 1.82) is 0 Å². The van der Waals surface area contributed by atoms with E-state index in [0.29, 0.717) is 0 Å². The van der Waals surface area contributed by atoms with E-state index >= 15 is 0 Å². The van der Waals surface area contributed by atoms with Crippen molar-refractivity contribution in [1.82, 2.24) is 0 Å². The number of alkyl halides is 6. The summed E-state index contributed by atoms with van der Waals surface area (Å²) >= 11 is 3.79. The van der Waals surface area contributed by atoms with Crippen LogP contribution < -0.4 is 0 Å². The molecule has 0 spiro atoms. The Hall–Kier alpha value is 0.680. The maximum Gasteiger partial charge on any atom is 0.364 e. The van der Waals surface area contributed by atoms with E-state index in [0.717, 1.165) is 0 Å². The SMILES string of the molecule is FC(F)(Br)C(F)(F)CBr. The Labute approximate surface area is 65.9 Å². The smallest absolute Gasteiger partial charge is 0.198 e. The molecule has 0 heterocycles. The van der Waals surface area contributed by atoms with Crippen LogP contribution >= 0.6 is 31.9 Å². The molecule has 56 valence electrons. The Morgan fingerprint density at radius 1 is 1.11 bits per heavy atom. The predicted octanol–water partition coefficient (Wildman–Crippen LogP) is 3.00. The van der Waals surface area contributed by atoms with Gasteiger partial charge in [-0.1, -0.05) is 15.9 Å². The van der Waals surface area contributed by atoms with Crippen molar-refractivity contribution >= 4 is 31.9 Å². The minimum absolute atomic E-state index is 1.06. The van der Waals surface area contributed by atoms with Gasteiger partial charge in [-0.25, -0.2) is 0 Å². The van der Waals surface area contributed by atoms with Crippen LogP contribution in [0.1, 0.15) is 0 Å². The van der Waals surface area contributed by atoms with Gasteiger partial charge in [0.15, 0.2) is 0 Å². The monoisotopic (exact) mass is 272 g/mol. The van der Waals surface area contributed by atoms with Crippen LogP contribution in [0.25, 0.3) is 0 Å². The van der Waals surface area contributed by atoms with E-state index in [1.807, 2.05) is 0 Å². The lowest BCUT2D eigenvalue weighted by atomic mass is 10.4. The second-order valence-electron chi connectivity index (χ2n) is 1.34. The molecule has 0 radical (unpaired) electrons. The van der Waals surface area contributed by atoms with Gasteiger partial charge in [0.2, 0.25) is 0 Å². The number of hydrogen-bond donors (Lipinski definition) is 0. The van der Waals surface area contributed by atoms with E-state index in [-0.39, 0.29) is 0 Å². The third-order valence-electron chi connectivity index (χ3n) is 0.583. The summed E-state index contributed by atoms with van der Waals surface area (Å²) in [5, 5.41) is -1.06. The fourth-order valence-corrected chi connectivity index (χ4v) is 0.944. The molecule has 9 heavy (non-hydrogen) atoms. The van der Waals surface area contributed by atoms with Gasteiger partial charge in [-0.3, -0.25) is 0 Å². The molecule has 0 N–H and O–H groups in total. The summed E-state index contributed by atoms with van der Waals surface area (Å²) in [5.41, 5.74) is 0. The quantitative estimate of drug-likeness (QED) is 0.536. The van der Waals surface area contributed by atoms with E-state index in [2.05, 4.69) is 15.9 Å². The van der Waals surface area contributed by atoms with Crippen LogP contribution in [-0.2, 0) is 0 Å². The molecule has 0 aliphatic heterocycles. The Kier molecular flexibility index (Phi) is 2.94. The zero-order valence-corrected chi connectivity index (χ0v) is 7.15. The average molecular weight is 274 g/mol. The summed E-state index contributed by atoms with van der Waals surface area (Å²) in [6.45, 7) is 0. The fraction of sp³-hybridized carbons (Fsp3) is 1.00. The predicted molar refractivity (Wildman–Crippen MR) is 32.6 cm³/mol. The Balaban J connectivity index is 4.14. The van der Waals surface area contributed by atoms with Gasteiger partial charge in [0, 0.05) is 0 Å². The summed E-state index contributed by atoms with van der Waals surface area (Å²) in [5.74, 6) is -4.02. The van der Waals surface area contributed by atoms with Crippen molar-refractivity contribution in [2.45, 2.75) is 10.8 Å². The van der Waals surface area contributed by atoms with Gasteiger partial charge in [-0.15, -0.1) is 0 Å². The molecular weight excluding hydrogens is 272 g/mol. The second kappa shape index (κ2) is 2.74. The van der Waals surface area contributed by atoms with E-state index in [9.17, 15) is 17.6 Å². The molecule has 0 aromatic carbocycles. The van der Waals surface area contributed by atoms with Crippen LogP contribution in [0.3, 0.4) is 0 Å². The molecule has 0 unspecified atom stereocenters. The summed E-state index contributed by atoms with van der Waals surface area (Å²) in [7, 11) is 0. The molecule has 0 saturated carbocycles. The number of hydrogen-bond acceptors (Lipinski definition) is 0. The fourth-order valence-electron chi connectivity index (χ4n) is 0.0758. The number of rotatable bonds is 2. The largest absolute Gasteiger partial charge is 0.364 e. The van der Waals surface area contributed by atoms with Gasteiger partial charge < -0.3 is 0 Å². The van der Waals surface area contributed by atoms with Crippen molar-refractivity contribution < 1.29 is 17.6 Å². The van der Waals surface area contributed by atoms with E-state index in [4.69, 9.17) is 0 Å². The van der Waals surface area contributed by atoms with Crippen molar-refractivity contribution in [3.63, 3.8) is 0 Å². The summed E-state index contributed by atoms with van der Waals surface area (Å²) in [6.07, 6.45) is 0. The first kappa shape index (κ1) is 9.68. The van der Waals surface area contributed by atoms with E-state index in [1.54, 1.807) is 15.9 Å². The zero-order valence-electron chi connectivity index (χ0n) is 3.97. The second-order valence-corrected chi connectivity index (χ2v) is 2.89. The highest BCUT2D eigenvalue weighted by Crippen LogP contribution is 2.40. The van der Waals surface area contributed by atoms with Gasteiger partial charge in [0.1, 0.15) is 0 Å². The minimum atomic E-state index is -4.12. The Bertz CT molecular complexity index is 96.5. The van der Waals surface area contributed by atoms with Crippen molar-refractivity contribution in [3.8, 4) is 0 Å². The van der Waals surface area contributed by atoms with Crippen molar-refractivity contribution in [3.05, 3.63) is 0 Å². The van der Waals surface area contributed by atoms with Gasteiger partial charge in [-0.05, 0) is 15.9 Å². The molecule has 0 fully saturated rings. The first-order valence-corrected chi connectivity index (χ1v) is 3.73. The maximum atomic E-state index is 11.8. The first-order valence-electron chi connectivity index (χ1n) is 1.82. The first-order chi connectivity index (χ1) is 3.81. The van der Waals surface area contributed by atoms with Gasteiger partial charge in [0.25, 0.3) is 0 Å². The molecule has 0 aromatic heterocycles. The van der Waals surface area contributed by atoms with Crippen molar-refractivity contribution in [2.75, 3.05) is 5.33 Å². The molecule has 0 bridgehead atoms. The Morgan fingerprint density at radius 2 is 1.44 bits per heavy atom. The molecule has 0 rings (SSSR count). The standard InChI is InChI=1S/C3H2Br2F4/c4-1-2(6,7)3(5,8)9/h1H2. The van der Waals surface area contributed by atoms with Crippen LogP contribution in [0.15, 0.2) is 0 Å². The summed E-state index contributed by atoms with van der Waals surface area (Å²) in [4.78, 5) is -4.12. The van der Waals surface area contributed by atoms with Crippen LogP contribution in [0.5, 0.6) is 0 Å². The molecule has 0 aliphatic carbocycles.